The van der Waals surface area contributed by atoms with Crippen molar-refractivity contribution in [2.24, 2.45) is 9.98 Å². The number of aliphatic imine (C=N–C) groups is 2. The number of hydrogen-bond acceptors (Lipinski definition) is 4. The summed E-state index contributed by atoms with van der Waals surface area (Å²) >= 11 is 6.40. The average Bonchev–Trinajstić information content (AvgIpc) is 2.48. The number of nitrogens with zero attached hydrogens (tertiary/aromatic N) is 2. The molecule has 0 heterocycles. The van der Waals surface area contributed by atoms with Crippen LogP contribution in [0.1, 0.15) is 16.5 Å². The third-order valence-corrected chi connectivity index (χ3v) is 3.21. The van der Waals surface area contributed by atoms with Crippen LogP contribution >= 0.6 is 11.6 Å². The van der Waals surface area contributed by atoms with Crippen molar-refractivity contribution in [3.05, 3.63) is 59.7 Å². The first-order valence-corrected chi connectivity index (χ1v) is 6.18. The van der Waals surface area contributed by atoms with E-state index in [1.165, 1.54) is 18.2 Å². The fourth-order valence-corrected chi connectivity index (χ4v) is 2.15. The molecule has 0 aromatic heterocycles. The SMILES string of the molecule is O=C=Nc1ccc(C(Cl)c2ccccc2)c(N=C=O)c1. The van der Waals surface area contributed by atoms with Crippen molar-refractivity contribution in [2.45, 2.75) is 5.38 Å². The molecule has 1 unspecified atom stereocenters. The van der Waals surface area contributed by atoms with Crippen molar-refractivity contribution in [2.75, 3.05) is 0 Å². The maximum absolute atomic E-state index is 10.5. The lowest BCUT2D eigenvalue weighted by molar-refractivity contribution is 0.565. The van der Waals surface area contributed by atoms with Gasteiger partial charge in [0.1, 0.15) is 0 Å². The lowest BCUT2D eigenvalue weighted by Gasteiger charge is -2.12. The summed E-state index contributed by atoms with van der Waals surface area (Å²) in [5.41, 5.74) is 2.21. The van der Waals surface area contributed by atoms with E-state index in [1.54, 1.807) is 12.1 Å². The van der Waals surface area contributed by atoms with Crippen LogP contribution in [0.3, 0.4) is 0 Å². The Hall–Kier alpha value is -2.51. The van der Waals surface area contributed by atoms with Crippen LogP contribution in [0.2, 0.25) is 0 Å². The molecule has 2 aromatic rings. The van der Waals surface area contributed by atoms with Crippen molar-refractivity contribution in [3.63, 3.8) is 0 Å². The van der Waals surface area contributed by atoms with Gasteiger partial charge in [0, 0.05) is 5.56 Å². The Labute approximate surface area is 120 Å². The number of isocyanates is 2. The number of alkyl halides is 1. The first-order valence-electron chi connectivity index (χ1n) is 5.75. The molecule has 1 atom stereocenters. The molecule has 98 valence electrons. The first kappa shape index (κ1) is 13.9. The Bertz CT molecular complexity index is 703. The molecule has 0 bridgehead atoms. The molecular weight excluding hydrogens is 276 g/mol. The van der Waals surface area contributed by atoms with Crippen LogP contribution in [-0.4, -0.2) is 12.2 Å². The van der Waals surface area contributed by atoms with Crippen LogP contribution < -0.4 is 0 Å². The molecule has 0 spiro atoms. The van der Waals surface area contributed by atoms with Crippen molar-refractivity contribution < 1.29 is 9.59 Å². The van der Waals surface area contributed by atoms with E-state index < -0.39 is 5.38 Å². The van der Waals surface area contributed by atoms with E-state index in [1.807, 2.05) is 30.3 Å². The first-order chi connectivity index (χ1) is 9.76. The zero-order valence-corrected chi connectivity index (χ0v) is 11.0. The van der Waals surface area contributed by atoms with Gasteiger partial charge in [-0.15, -0.1) is 11.6 Å². The molecule has 4 nitrogen and oxygen atoms in total. The molecule has 0 aliphatic rings. The maximum Gasteiger partial charge on any atom is 0.240 e. The zero-order chi connectivity index (χ0) is 14.4. The highest BCUT2D eigenvalue weighted by molar-refractivity contribution is 6.23. The maximum atomic E-state index is 10.5. The molecule has 0 saturated carbocycles. The number of rotatable bonds is 4. The van der Waals surface area contributed by atoms with E-state index >= 15 is 0 Å². The highest BCUT2D eigenvalue weighted by Crippen LogP contribution is 2.36. The second kappa shape index (κ2) is 6.60. The molecule has 0 saturated heterocycles. The molecule has 20 heavy (non-hydrogen) atoms. The summed E-state index contributed by atoms with van der Waals surface area (Å²) in [5.74, 6) is 0. The molecule has 0 radical (unpaired) electrons. The lowest BCUT2D eigenvalue weighted by atomic mass is 10.0. The largest absolute Gasteiger partial charge is 0.240 e. The van der Waals surface area contributed by atoms with Crippen molar-refractivity contribution in [3.8, 4) is 0 Å². The summed E-state index contributed by atoms with van der Waals surface area (Å²) in [6, 6.07) is 14.2. The van der Waals surface area contributed by atoms with E-state index in [9.17, 15) is 9.59 Å². The quantitative estimate of drug-likeness (QED) is 0.485. The van der Waals surface area contributed by atoms with Crippen LogP contribution in [0.5, 0.6) is 0 Å². The summed E-state index contributed by atoms with van der Waals surface area (Å²) in [4.78, 5) is 27.9. The van der Waals surface area contributed by atoms with Gasteiger partial charge in [0.25, 0.3) is 0 Å². The van der Waals surface area contributed by atoms with Gasteiger partial charge in [0.2, 0.25) is 12.2 Å². The fraction of sp³-hybridized carbons (Fsp3) is 0.0667. The predicted molar refractivity (Wildman–Crippen MR) is 76.1 cm³/mol. The number of hydrogen-bond donors (Lipinski definition) is 0. The Morgan fingerprint density at radius 2 is 1.65 bits per heavy atom. The minimum atomic E-state index is -0.461. The third-order valence-electron chi connectivity index (χ3n) is 2.72. The van der Waals surface area contributed by atoms with Crippen LogP contribution in [0.25, 0.3) is 0 Å². The molecule has 0 aliphatic heterocycles. The van der Waals surface area contributed by atoms with Gasteiger partial charge in [-0.1, -0.05) is 36.4 Å². The van der Waals surface area contributed by atoms with Crippen LogP contribution in [0.15, 0.2) is 58.5 Å². The van der Waals surface area contributed by atoms with Crippen LogP contribution in [0, 0.1) is 0 Å². The minimum absolute atomic E-state index is 0.334. The zero-order valence-electron chi connectivity index (χ0n) is 10.3. The van der Waals surface area contributed by atoms with Gasteiger partial charge < -0.3 is 0 Å². The summed E-state index contributed by atoms with van der Waals surface area (Å²) in [6.45, 7) is 0. The molecule has 2 rings (SSSR count). The molecule has 0 amide bonds. The number of halogens is 1. The summed E-state index contributed by atoms with van der Waals surface area (Å²) in [7, 11) is 0. The molecule has 0 aliphatic carbocycles. The summed E-state index contributed by atoms with van der Waals surface area (Å²) < 4.78 is 0. The molecule has 0 N–H and O–H groups in total. The fourth-order valence-electron chi connectivity index (χ4n) is 1.82. The van der Waals surface area contributed by atoms with Gasteiger partial charge in [-0.2, -0.15) is 9.98 Å². The van der Waals surface area contributed by atoms with Gasteiger partial charge in [-0.25, -0.2) is 9.59 Å². The van der Waals surface area contributed by atoms with E-state index in [4.69, 9.17) is 11.6 Å². The van der Waals surface area contributed by atoms with E-state index in [0.717, 1.165) is 5.56 Å². The van der Waals surface area contributed by atoms with Crippen molar-refractivity contribution >= 4 is 35.1 Å². The number of carbonyl (C=O) groups excluding carboxylic acids is 2. The second-order valence-corrected chi connectivity index (χ2v) is 4.36. The molecule has 2 aromatic carbocycles. The van der Waals surface area contributed by atoms with Crippen molar-refractivity contribution in [1.82, 2.24) is 0 Å². The number of benzene rings is 2. The van der Waals surface area contributed by atoms with Gasteiger partial charge in [0.05, 0.1) is 16.8 Å². The summed E-state index contributed by atoms with van der Waals surface area (Å²) in [5, 5.41) is -0.461. The predicted octanol–water partition coefficient (Wildman–Crippen LogP) is 3.95. The molecular formula is C15H9ClN2O2. The summed E-state index contributed by atoms with van der Waals surface area (Å²) in [6.07, 6.45) is 2.91. The highest BCUT2D eigenvalue weighted by atomic mass is 35.5. The highest BCUT2D eigenvalue weighted by Gasteiger charge is 2.15. The van der Waals surface area contributed by atoms with E-state index in [0.29, 0.717) is 16.9 Å². The second-order valence-electron chi connectivity index (χ2n) is 3.92. The van der Waals surface area contributed by atoms with Gasteiger partial charge in [-0.3, -0.25) is 0 Å². The average molecular weight is 285 g/mol. The minimum Gasteiger partial charge on any atom is -0.211 e. The Morgan fingerprint density at radius 1 is 0.950 bits per heavy atom. The Morgan fingerprint density at radius 3 is 2.30 bits per heavy atom. The smallest absolute Gasteiger partial charge is 0.211 e. The van der Waals surface area contributed by atoms with Gasteiger partial charge >= 0.3 is 0 Å². The van der Waals surface area contributed by atoms with Gasteiger partial charge in [-0.05, 0) is 17.7 Å². The Kier molecular flexibility index (Phi) is 4.59. The van der Waals surface area contributed by atoms with E-state index in [-0.39, 0.29) is 0 Å². The van der Waals surface area contributed by atoms with Crippen LogP contribution in [0.4, 0.5) is 11.4 Å². The topological polar surface area (TPSA) is 58.9 Å². The molecule has 5 heteroatoms. The standard InChI is InChI=1S/C15H9ClN2O2/c16-15(11-4-2-1-3-5-11)13-7-6-12(17-9-19)8-14(13)18-10-20/h1-8,15H. The monoisotopic (exact) mass is 284 g/mol. The third kappa shape index (κ3) is 3.08. The Balaban J connectivity index is 2.50. The molecule has 0 fully saturated rings. The lowest BCUT2D eigenvalue weighted by Crippen LogP contribution is -1.93. The van der Waals surface area contributed by atoms with Crippen molar-refractivity contribution in [1.29, 1.82) is 0 Å². The van der Waals surface area contributed by atoms with Crippen LogP contribution in [-0.2, 0) is 9.59 Å². The normalized spacial score (nSPS) is 11.1. The van der Waals surface area contributed by atoms with E-state index in [2.05, 4.69) is 9.98 Å². The van der Waals surface area contributed by atoms with Gasteiger partial charge in [0.15, 0.2) is 0 Å².